The quantitative estimate of drug-likeness (QED) is 0.832. The van der Waals surface area contributed by atoms with E-state index in [1.54, 1.807) is 12.1 Å². The van der Waals surface area contributed by atoms with Gasteiger partial charge in [0.25, 0.3) is 0 Å². The minimum absolute atomic E-state index is 0.159. The van der Waals surface area contributed by atoms with E-state index < -0.39 is 0 Å². The van der Waals surface area contributed by atoms with Gasteiger partial charge in [-0.15, -0.1) is 0 Å². The van der Waals surface area contributed by atoms with Gasteiger partial charge in [0.2, 0.25) is 0 Å². The van der Waals surface area contributed by atoms with Crippen molar-refractivity contribution in [1.29, 1.82) is 0 Å². The summed E-state index contributed by atoms with van der Waals surface area (Å²) in [5, 5.41) is 3.26. The van der Waals surface area contributed by atoms with E-state index >= 15 is 0 Å². The number of nitrogens with one attached hydrogen (secondary N) is 1. The highest BCUT2D eigenvalue weighted by Gasteiger charge is 2.26. The Balaban J connectivity index is 2.96. The summed E-state index contributed by atoms with van der Waals surface area (Å²) in [4.78, 5) is 0. The lowest BCUT2D eigenvalue weighted by atomic mass is 9.77. The molecule has 0 saturated carbocycles. The molecule has 0 fully saturated rings. The van der Waals surface area contributed by atoms with Crippen molar-refractivity contribution in [2.24, 2.45) is 5.41 Å². The zero-order chi connectivity index (χ0) is 12.9. The number of hydrogen-bond donors (Lipinski definition) is 1. The molecule has 0 aliphatic heterocycles. The predicted octanol–water partition coefficient (Wildman–Crippen LogP) is 4.16. The molecule has 96 valence electrons. The minimum Gasteiger partial charge on any atom is -0.319 e. The van der Waals surface area contributed by atoms with E-state index in [2.05, 4.69) is 35.1 Å². The molecule has 0 atom stereocenters. The summed E-state index contributed by atoms with van der Waals surface area (Å²) in [7, 11) is 1.97. The van der Waals surface area contributed by atoms with Gasteiger partial charge in [-0.25, -0.2) is 4.39 Å². The number of benzene rings is 1. The molecular weight excluding hydrogens is 281 g/mol. The third-order valence-corrected chi connectivity index (χ3v) is 4.40. The summed E-state index contributed by atoms with van der Waals surface area (Å²) in [5.41, 5.74) is 1.27. The second-order valence-corrected chi connectivity index (χ2v) is 5.50. The molecule has 0 heterocycles. The molecule has 1 N–H and O–H groups in total. The summed E-state index contributed by atoms with van der Waals surface area (Å²) in [6.45, 7) is 5.37. The Hall–Kier alpha value is -0.410. The molecule has 0 aliphatic rings. The standard InChI is InChI=1S/C14H21BrFN/c1-4-14(5-2,10-17-3)9-11-8-12(16)6-7-13(11)15/h6-8,17H,4-5,9-10H2,1-3H3. The highest BCUT2D eigenvalue weighted by molar-refractivity contribution is 9.10. The fraction of sp³-hybridized carbons (Fsp3) is 0.571. The number of hydrogen-bond acceptors (Lipinski definition) is 1. The fourth-order valence-electron chi connectivity index (χ4n) is 2.27. The third kappa shape index (κ3) is 3.78. The number of halogens is 2. The van der Waals surface area contributed by atoms with Crippen LogP contribution in [-0.2, 0) is 6.42 Å². The molecule has 0 saturated heterocycles. The van der Waals surface area contributed by atoms with Gasteiger partial charge in [-0.1, -0.05) is 29.8 Å². The lowest BCUT2D eigenvalue weighted by molar-refractivity contribution is 0.252. The third-order valence-electron chi connectivity index (χ3n) is 3.62. The molecule has 17 heavy (non-hydrogen) atoms. The summed E-state index contributed by atoms with van der Waals surface area (Å²) in [6.07, 6.45) is 3.08. The first-order valence-electron chi connectivity index (χ1n) is 6.15. The van der Waals surface area contributed by atoms with Crippen LogP contribution in [0.5, 0.6) is 0 Å². The van der Waals surface area contributed by atoms with E-state index in [9.17, 15) is 4.39 Å². The Labute approximate surface area is 112 Å². The Morgan fingerprint density at radius 2 is 1.94 bits per heavy atom. The van der Waals surface area contributed by atoms with Crippen molar-refractivity contribution in [3.05, 3.63) is 34.1 Å². The van der Waals surface area contributed by atoms with E-state index in [0.717, 1.165) is 35.8 Å². The highest BCUT2D eigenvalue weighted by Crippen LogP contribution is 2.33. The topological polar surface area (TPSA) is 12.0 Å². The van der Waals surface area contributed by atoms with Crippen molar-refractivity contribution in [2.45, 2.75) is 33.1 Å². The SMILES string of the molecule is CCC(CC)(CNC)Cc1cc(F)ccc1Br. The van der Waals surface area contributed by atoms with E-state index in [1.165, 1.54) is 6.07 Å². The van der Waals surface area contributed by atoms with Crippen LogP contribution in [0, 0.1) is 11.2 Å². The van der Waals surface area contributed by atoms with Gasteiger partial charge in [0.1, 0.15) is 5.82 Å². The molecule has 3 heteroatoms. The molecule has 1 aromatic carbocycles. The monoisotopic (exact) mass is 301 g/mol. The van der Waals surface area contributed by atoms with Gasteiger partial charge in [-0.2, -0.15) is 0 Å². The zero-order valence-electron chi connectivity index (χ0n) is 10.8. The second-order valence-electron chi connectivity index (χ2n) is 4.65. The Bertz CT molecular complexity index is 361. The zero-order valence-corrected chi connectivity index (χ0v) is 12.4. The molecule has 1 aromatic rings. The van der Waals surface area contributed by atoms with Crippen molar-refractivity contribution in [3.63, 3.8) is 0 Å². The first-order valence-corrected chi connectivity index (χ1v) is 6.94. The van der Waals surface area contributed by atoms with Gasteiger partial charge in [0, 0.05) is 11.0 Å². The van der Waals surface area contributed by atoms with Crippen LogP contribution in [0.1, 0.15) is 32.3 Å². The van der Waals surface area contributed by atoms with Crippen LogP contribution in [0.25, 0.3) is 0 Å². The number of rotatable bonds is 6. The molecule has 1 rings (SSSR count). The lowest BCUT2D eigenvalue weighted by Gasteiger charge is -2.32. The lowest BCUT2D eigenvalue weighted by Crippen LogP contribution is -2.33. The summed E-state index contributed by atoms with van der Waals surface area (Å²) in [6, 6.07) is 4.92. The molecule has 0 radical (unpaired) electrons. The molecule has 0 spiro atoms. The maximum atomic E-state index is 13.3. The van der Waals surface area contributed by atoms with E-state index in [4.69, 9.17) is 0 Å². The Morgan fingerprint density at radius 1 is 1.29 bits per heavy atom. The van der Waals surface area contributed by atoms with Crippen molar-refractivity contribution >= 4 is 15.9 Å². The average molecular weight is 302 g/mol. The summed E-state index contributed by atoms with van der Waals surface area (Å²) < 4.78 is 14.3. The van der Waals surface area contributed by atoms with Gasteiger partial charge in [-0.3, -0.25) is 0 Å². The largest absolute Gasteiger partial charge is 0.319 e. The molecule has 0 unspecified atom stereocenters. The van der Waals surface area contributed by atoms with Gasteiger partial charge >= 0.3 is 0 Å². The van der Waals surface area contributed by atoms with Crippen molar-refractivity contribution in [3.8, 4) is 0 Å². The second kappa shape index (κ2) is 6.50. The van der Waals surface area contributed by atoms with Crippen LogP contribution in [0.4, 0.5) is 4.39 Å². The average Bonchev–Trinajstić information content (AvgIpc) is 2.33. The van der Waals surface area contributed by atoms with Crippen molar-refractivity contribution < 1.29 is 4.39 Å². The summed E-state index contributed by atoms with van der Waals surface area (Å²) in [5.74, 6) is -0.159. The maximum absolute atomic E-state index is 13.3. The Kier molecular flexibility index (Phi) is 5.60. The molecule has 1 nitrogen and oxygen atoms in total. The van der Waals surface area contributed by atoms with Crippen LogP contribution >= 0.6 is 15.9 Å². The first kappa shape index (κ1) is 14.7. The Morgan fingerprint density at radius 3 is 2.47 bits per heavy atom. The van der Waals surface area contributed by atoms with E-state index in [-0.39, 0.29) is 11.2 Å². The highest BCUT2D eigenvalue weighted by atomic mass is 79.9. The molecular formula is C14H21BrFN. The van der Waals surface area contributed by atoms with Gasteiger partial charge in [0.05, 0.1) is 0 Å². The maximum Gasteiger partial charge on any atom is 0.123 e. The normalized spacial score (nSPS) is 11.8. The predicted molar refractivity (Wildman–Crippen MR) is 74.7 cm³/mol. The summed E-state index contributed by atoms with van der Waals surface area (Å²) >= 11 is 3.51. The minimum atomic E-state index is -0.159. The van der Waals surface area contributed by atoms with Gasteiger partial charge in [-0.05, 0) is 55.5 Å². The fourth-order valence-corrected chi connectivity index (χ4v) is 2.66. The molecule has 0 bridgehead atoms. The van der Waals surface area contributed by atoms with Gasteiger partial charge < -0.3 is 5.32 Å². The van der Waals surface area contributed by atoms with Crippen LogP contribution in [0.3, 0.4) is 0 Å². The first-order chi connectivity index (χ1) is 8.06. The van der Waals surface area contributed by atoms with Crippen molar-refractivity contribution in [1.82, 2.24) is 5.32 Å². The van der Waals surface area contributed by atoms with Crippen LogP contribution in [0.15, 0.2) is 22.7 Å². The van der Waals surface area contributed by atoms with E-state index in [0.29, 0.717) is 0 Å². The van der Waals surface area contributed by atoms with Crippen molar-refractivity contribution in [2.75, 3.05) is 13.6 Å². The molecule has 0 amide bonds. The van der Waals surface area contributed by atoms with Crippen LogP contribution in [0.2, 0.25) is 0 Å². The van der Waals surface area contributed by atoms with Crippen LogP contribution in [-0.4, -0.2) is 13.6 Å². The molecule has 0 aliphatic carbocycles. The van der Waals surface area contributed by atoms with Crippen LogP contribution < -0.4 is 5.32 Å². The smallest absolute Gasteiger partial charge is 0.123 e. The molecule has 0 aromatic heterocycles. The van der Waals surface area contributed by atoms with E-state index in [1.807, 2.05) is 7.05 Å². The van der Waals surface area contributed by atoms with Gasteiger partial charge in [0.15, 0.2) is 0 Å².